The molecule has 2 aromatic carbocycles. The number of piperazine rings is 1. The third kappa shape index (κ3) is 6.46. The summed E-state index contributed by atoms with van der Waals surface area (Å²) in [5.74, 6) is 0.668. The topological polar surface area (TPSA) is 94.9 Å². The minimum atomic E-state index is -2.95. The van der Waals surface area contributed by atoms with E-state index in [1.54, 1.807) is 0 Å². The molecular weight excluding hydrogens is 486 g/mol. The van der Waals surface area contributed by atoms with Crippen LogP contribution >= 0.6 is 0 Å². The fourth-order valence-corrected chi connectivity index (χ4v) is 4.93. The standard InChI is InChI=1S/C27H33N7O2S/c1-32-14-16-33(17-15-32)24-9-7-23(8-10-24)30-27-29-20-25-11-12-26(34(25)31-27)22-5-3-21(4-6-22)19-28-13-18-37(2,35)36/h3-12,20,28H,13-19H2,1-2H3,(H,30,31). The van der Waals surface area contributed by atoms with Gasteiger partial charge in [-0.05, 0) is 49.0 Å². The number of benzene rings is 2. The summed E-state index contributed by atoms with van der Waals surface area (Å²) >= 11 is 0. The smallest absolute Gasteiger partial charge is 0.245 e. The van der Waals surface area contributed by atoms with Crippen molar-refractivity contribution in [1.82, 2.24) is 24.8 Å². The first-order valence-electron chi connectivity index (χ1n) is 12.5. The van der Waals surface area contributed by atoms with Crippen LogP contribution in [0.2, 0.25) is 0 Å². The molecule has 9 nitrogen and oxygen atoms in total. The van der Waals surface area contributed by atoms with E-state index in [0.717, 1.165) is 54.2 Å². The van der Waals surface area contributed by atoms with E-state index < -0.39 is 9.84 Å². The molecule has 0 bridgehead atoms. The molecule has 1 aliphatic rings. The molecule has 10 heteroatoms. The summed E-state index contributed by atoms with van der Waals surface area (Å²) in [6, 6.07) is 20.7. The number of likely N-dealkylation sites (N-methyl/N-ethyl adjacent to an activating group) is 1. The predicted octanol–water partition coefficient (Wildman–Crippen LogP) is 3.03. The molecule has 4 aromatic rings. The summed E-state index contributed by atoms with van der Waals surface area (Å²) < 4.78 is 24.4. The summed E-state index contributed by atoms with van der Waals surface area (Å²) in [7, 11) is -0.790. The molecule has 1 fully saturated rings. The van der Waals surface area contributed by atoms with Crippen molar-refractivity contribution in [2.75, 3.05) is 62.0 Å². The molecule has 0 aliphatic carbocycles. The number of fused-ring (bicyclic) bond motifs is 1. The molecule has 3 heterocycles. The van der Waals surface area contributed by atoms with Crippen LogP contribution in [0.3, 0.4) is 0 Å². The average Bonchev–Trinajstić information content (AvgIpc) is 3.31. The van der Waals surface area contributed by atoms with E-state index >= 15 is 0 Å². The second-order valence-corrected chi connectivity index (χ2v) is 11.9. The van der Waals surface area contributed by atoms with Crippen LogP contribution in [0.15, 0.2) is 66.9 Å². The Morgan fingerprint density at radius 2 is 1.65 bits per heavy atom. The molecule has 0 atom stereocenters. The highest BCUT2D eigenvalue weighted by Gasteiger charge is 2.14. The highest BCUT2D eigenvalue weighted by Crippen LogP contribution is 2.24. The lowest BCUT2D eigenvalue weighted by atomic mass is 10.1. The maximum atomic E-state index is 11.3. The SMILES string of the molecule is CN1CCN(c2ccc(Nc3ncc4ccc(-c5ccc(CNCCS(C)(=O)=O)cc5)n4n3)cc2)CC1. The van der Waals surface area contributed by atoms with Gasteiger partial charge in [-0.15, -0.1) is 5.10 Å². The van der Waals surface area contributed by atoms with Crippen LogP contribution in [0.1, 0.15) is 5.56 Å². The van der Waals surface area contributed by atoms with Gasteiger partial charge in [-0.1, -0.05) is 24.3 Å². The quantitative estimate of drug-likeness (QED) is 0.326. The van der Waals surface area contributed by atoms with Gasteiger partial charge in [0, 0.05) is 62.5 Å². The second-order valence-electron chi connectivity index (χ2n) is 9.60. The van der Waals surface area contributed by atoms with E-state index in [2.05, 4.69) is 68.9 Å². The molecule has 0 amide bonds. The van der Waals surface area contributed by atoms with E-state index in [-0.39, 0.29) is 5.75 Å². The lowest BCUT2D eigenvalue weighted by Crippen LogP contribution is -2.44. The van der Waals surface area contributed by atoms with Gasteiger partial charge < -0.3 is 20.4 Å². The number of hydrogen-bond acceptors (Lipinski definition) is 8. The normalized spacial score (nSPS) is 14.8. The van der Waals surface area contributed by atoms with Crippen molar-refractivity contribution >= 4 is 32.7 Å². The summed E-state index contributed by atoms with van der Waals surface area (Å²) in [5.41, 5.74) is 6.20. The van der Waals surface area contributed by atoms with Crippen molar-refractivity contribution in [3.8, 4) is 11.3 Å². The van der Waals surface area contributed by atoms with Crippen LogP contribution in [0.5, 0.6) is 0 Å². The third-order valence-electron chi connectivity index (χ3n) is 6.62. The molecular formula is C27H33N7O2S. The summed E-state index contributed by atoms with van der Waals surface area (Å²) in [4.78, 5) is 9.26. The Morgan fingerprint density at radius 3 is 2.35 bits per heavy atom. The zero-order chi connectivity index (χ0) is 25.8. The van der Waals surface area contributed by atoms with Gasteiger partial charge >= 0.3 is 0 Å². The number of nitrogens with zero attached hydrogens (tertiary/aromatic N) is 5. The fourth-order valence-electron chi connectivity index (χ4n) is 4.41. The van der Waals surface area contributed by atoms with Crippen molar-refractivity contribution < 1.29 is 8.42 Å². The first kappa shape index (κ1) is 25.2. The monoisotopic (exact) mass is 519 g/mol. The van der Waals surface area contributed by atoms with Crippen molar-refractivity contribution in [3.05, 3.63) is 72.4 Å². The van der Waals surface area contributed by atoms with E-state index in [4.69, 9.17) is 5.10 Å². The van der Waals surface area contributed by atoms with E-state index in [0.29, 0.717) is 19.0 Å². The molecule has 37 heavy (non-hydrogen) atoms. The predicted molar refractivity (Wildman–Crippen MR) is 149 cm³/mol. The number of nitrogens with one attached hydrogen (secondary N) is 2. The van der Waals surface area contributed by atoms with Crippen LogP contribution in [0.25, 0.3) is 16.8 Å². The Bertz CT molecular complexity index is 1440. The Kier molecular flexibility index (Phi) is 7.40. The molecule has 1 aliphatic heterocycles. The Morgan fingerprint density at radius 1 is 0.919 bits per heavy atom. The third-order valence-corrected chi connectivity index (χ3v) is 7.56. The number of sulfone groups is 1. The van der Waals surface area contributed by atoms with Crippen LogP contribution in [0, 0.1) is 0 Å². The number of anilines is 3. The van der Waals surface area contributed by atoms with Crippen LogP contribution in [-0.4, -0.2) is 79.7 Å². The van der Waals surface area contributed by atoms with Gasteiger partial charge in [0.15, 0.2) is 0 Å². The maximum absolute atomic E-state index is 11.3. The highest BCUT2D eigenvalue weighted by atomic mass is 32.2. The van der Waals surface area contributed by atoms with Crippen LogP contribution in [-0.2, 0) is 16.4 Å². The van der Waals surface area contributed by atoms with Crippen molar-refractivity contribution in [3.63, 3.8) is 0 Å². The van der Waals surface area contributed by atoms with Crippen molar-refractivity contribution in [2.45, 2.75) is 6.54 Å². The van der Waals surface area contributed by atoms with Crippen LogP contribution in [0.4, 0.5) is 17.3 Å². The van der Waals surface area contributed by atoms with Gasteiger partial charge in [0.05, 0.1) is 23.2 Å². The van der Waals surface area contributed by atoms with Gasteiger partial charge in [0.1, 0.15) is 9.84 Å². The van der Waals surface area contributed by atoms with Gasteiger partial charge in [-0.25, -0.2) is 17.9 Å². The highest BCUT2D eigenvalue weighted by molar-refractivity contribution is 7.90. The van der Waals surface area contributed by atoms with Gasteiger partial charge in [-0.2, -0.15) is 0 Å². The van der Waals surface area contributed by atoms with Gasteiger partial charge in [0.25, 0.3) is 0 Å². The summed E-state index contributed by atoms with van der Waals surface area (Å²) in [6.45, 7) is 5.31. The Hall–Kier alpha value is -3.47. The minimum Gasteiger partial charge on any atom is -0.369 e. The van der Waals surface area contributed by atoms with Crippen LogP contribution < -0.4 is 15.5 Å². The molecule has 194 valence electrons. The first-order chi connectivity index (χ1) is 17.8. The molecule has 0 saturated carbocycles. The average molecular weight is 520 g/mol. The Balaban J connectivity index is 1.25. The van der Waals surface area contributed by atoms with Crippen molar-refractivity contribution in [1.29, 1.82) is 0 Å². The molecule has 2 aromatic heterocycles. The first-order valence-corrected chi connectivity index (χ1v) is 14.5. The van der Waals surface area contributed by atoms with E-state index in [1.807, 2.05) is 35.0 Å². The van der Waals surface area contributed by atoms with E-state index in [9.17, 15) is 8.42 Å². The number of rotatable bonds is 9. The zero-order valence-corrected chi connectivity index (χ0v) is 22.1. The van der Waals surface area contributed by atoms with E-state index in [1.165, 1.54) is 11.9 Å². The fraction of sp³-hybridized carbons (Fsp3) is 0.333. The molecule has 0 unspecified atom stereocenters. The lowest BCUT2D eigenvalue weighted by Gasteiger charge is -2.34. The number of aromatic nitrogens is 3. The Labute approximate surface area is 218 Å². The molecule has 0 spiro atoms. The molecule has 2 N–H and O–H groups in total. The molecule has 5 rings (SSSR count). The lowest BCUT2D eigenvalue weighted by molar-refractivity contribution is 0.313. The second kappa shape index (κ2) is 10.9. The maximum Gasteiger partial charge on any atom is 0.245 e. The van der Waals surface area contributed by atoms with Gasteiger partial charge in [-0.3, -0.25) is 0 Å². The number of hydrogen-bond donors (Lipinski definition) is 2. The summed E-state index contributed by atoms with van der Waals surface area (Å²) in [6.07, 6.45) is 3.07. The molecule has 1 saturated heterocycles. The summed E-state index contributed by atoms with van der Waals surface area (Å²) in [5, 5.41) is 11.3. The largest absolute Gasteiger partial charge is 0.369 e. The zero-order valence-electron chi connectivity index (χ0n) is 21.3. The van der Waals surface area contributed by atoms with Gasteiger partial charge in [0.2, 0.25) is 5.95 Å². The van der Waals surface area contributed by atoms with Crippen molar-refractivity contribution in [2.24, 2.45) is 0 Å². The molecule has 0 radical (unpaired) electrons. The minimum absolute atomic E-state index is 0.137.